The van der Waals surface area contributed by atoms with Crippen molar-refractivity contribution in [3.8, 4) is 0 Å². The molecule has 0 aromatic heterocycles. The number of nitrogens with one attached hydrogen (secondary N) is 1. The fraction of sp³-hybridized carbons (Fsp3) is 0.818. The fourth-order valence-corrected chi connectivity index (χ4v) is 2.10. The zero-order chi connectivity index (χ0) is 15.1. The smallest absolute Gasteiger partial charge is 0.303 e. The fourth-order valence-electron chi connectivity index (χ4n) is 2.10. The molecule has 1 aliphatic rings. The SMILES string of the molecule is CO[C@H]1C[C@H](NC(C)=O)[C@@H](OC(C)=O)[C@@H](CN=[N+]=[N-])O1. The molecule has 0 aliphatic carbocycles. The zero-order valence-corrected chi connectivity index (χ0v) is 11.6. The number of rotatable bonds is 5. The molecule has 1 amide bonds. The monoisotopic (exact) mass is 286 g/mol. The minimum atomic E-state index is -0.728. The minimum Gasteiger partial charge on any atom is -0.458 e. The van der Waals surface area contributed by atoms with E-state index in [1.54, 1.807) is 0 Å². The van der Waals surface area contributed by atoms with Crippen LogP contribution >= 0.6 is 0 Å². The largest absolute Gasteiger partial charge is 0.458 e. The van der Waals surface area contributed by atoms with Gasteiger partial charge in [0.05, 0.1) is 12.6 Å². The van der Waals surface area contributed by atoms with E-state index in [9.17, 15) is 9.59 Å². The lowest BCUT2D eigenvalue weighted by Gasteiger charge is -2.40. The number of azide groups is 1. The van der Waals surface area contributed by atoms with Crippen molar-refractivity contribution in [2.75, 3.05) is 13.7 Å². The molecular formula is C11H18N4O5. The van der Waals surface area contributed by atoms with Crippen molar-refractivity contribution in [1.82, 2.24) is 5.32 Å². The molecule has 0 bridgehead atoms. The highest BCUT2D eigenvalue weighted by atomic mass is 16.7. The summed E-state index contributed by atoms with van der Waals surface area (Å²) in [6, 6.07) is -0.464. The Hall–Kier alpha value is -1.83. The van der Waals surface area contributed by atoms with E-state index in [4.69, 9.17) is 19.7 Å². The van der Waals surface area contributed by atoms with Crippen molar-refractivity contribution in [3.05, 3.63) is 10.4 Å². The van der Waals surface area contributed by atoms with Gasteiger partial charge in [-0.05, 0) is 5.53 Å². The molecule has 9 nitrogen and oxygen atoms in total. The van der Waals surface area contributed by atoms with Gasteiger partial charge in [0, 0.05) is 32.3 Å². The third-order valence-corrected chi connectivity index (χ3v) is 2.81. The maximum absolute atomic E-state index is 11.2. The maximum atomic E-state index is 11.2. The van der Waals surface area contributed by atoms with E-state index in [0.29, 0.717) is 6.42 Å². The molecule has 1 rings (SSSR count). The summed E-state index contributed by atoms with van der Waals surface area (Å²) < 4.78 is 15.9. The van der Waals surface area contributed by atoms with E-state index >= 15 is 0 Å². The molecule has 1 N–H and O–H groups in total. The zero-order valence-electron chi connectivity index (χ0n) is 11.6. The highest BCUT2D eigenvalue weighted by Gasteiger charge is 2.41. The standard InChI is InChI=1S/C11H18N4O5/c1-6(16)14-8-4-10(18-3)20-9(5-13-15-12)11(8)19-7(2)17/h8-11H,4-5H2,1-3H3,(H,14,16)/t8-,9+,10+,11+/m0/s1. The van der Waals surface area contributed by atoms with Crippen LogP contribution in [0.4, 0.5) is 0 Å². The number of esters is 1. The minimum absolute atomic E-state index is 0.0234. The highest BCUT2D eigenvalue weighted by molar-refractivity contribution is 5.73. The molecule has 0 saturated carbocycles. The second-order valence-corrected chi connectivity index (χ2v) is 4.37. The Bertz CT molecular complexity index is 396. The van der Waals surface area contributed by atoms with Gasteiger partial charge in [-0.1, -0.05) is 5.11 Å². The first kappa shape index (κ1) is 16.2. The normalized spacial score (nSPS) is 29.1. The molecule has 0 aromatic carbocycles. The van der Waals surface area contributed by atoms with Gasteiger partial charge in [0.2, 0.25) is 5.91 Å². The second-order valence-electron chi connectivity index (χ2n) is 4.37. The lowest BCUT2D eigenvalue weighted by atomic mass is 9.98. The Labute approximate surface area is 116 Å². The van der Waals surface area contributed by atoms with Gasteiger partial charge in [-0.2, -0.15) is 0 Å². The predicted molar refractivity (Wildman–Crippen MR) is 67.5 cm³/mol. The van der Waals surface area contributed by atoms with Crippen LogP contribution in [-0.2, 0) is 23.8 Å². The summed E-state index contributed by atoms with van der Waals surface area (Å²) in [5.74, 6) is -0.762. The molecule has 0 aromatic rings. The van der Waals surface area contributed by atoms with Crippen LogP contribution in [0, 0.1) is 0 Å². The van der Waals surface area contributed by atoms with E-state index in [0.717, 1.165) is 0 Å². The van der Waals surface area contributed by atoms with Crippen LogP contribution < -0.4 is 5.32 Å². The van der Waals surface area contributed by atoms with Crippen molar-refractivity contribution < 1.29 is 23.8 Å². The number of hydrogen-bond donors (Lipinski definition) is 1. The second kappa shape index (κ2) is 7.68. The highest BCUT2D eigenvalue weighted by Crippen LogP contribution is 2.24. The van der Waals surface area contributed by atoms with Crippen molar-refractivity contribution in [3.63, 3.8) is 0 Å². The summed E-state index contributed by atoms with van der Waals surface area (Å²) in [5, 5.41) is 6.13. The van der Waals surface area contributed by atoms with Crippen molar-refractivity contribution in [2.45, 2.75) is 44.8 Å². The Morgan fingerprint density at radius 3 is 2.70 bits per heavy atom. The first-order valence-corrected chi connectivity index (χ1v) is 6.11. The van der Waals surface area contributed by atoms with E-state index in [1.807, 2.05) is 0 Å². The number of carbonyl (C=O) groups excluding carboxylic acids is 2. The van der Waals surface area contributed by atoms with Crippen LogP contribution in [0.5, 0.6) is 0 Å². The molecule has 112 valence electrons. The predicted octanol–water partition coefficient (Wildman–Crippen LogP) is 0.494. The molecule has 0 unspecified atom stereocenters. The van der Waals surface area contributed by atoms with Crippen molar-refractivity contribution >= 4 is 11.9 Å². The van der Waals surface area contributed by atoms with Crippen LogP contribution in [0.15, 0.2) is 5.11 Å². The molecule has 4 atom stereocenters. The van der Waals surface area contributed by atoms with E-state index in [-0.39, 0.29) is 12.5 Å². The van der Waals surface area contributed by atoms with E-state index in [1.165, 1.54) is 21.0 Å². The van der Waals surface area contributed by atoms with Crippen molar-refractivity contribution in [1.29, 1.82) is 0 Å². The lowest BCUT2D eigenvalue weighted by Crippen LogP contribution is -2.58. The summed E-state index contributed by atoms with van der Waals surface area (Å²) in [5.41, 5.74) is 8.39. The third kappa shape index (κ3) is 4.69. The van der Waals surface area contributed by atoms with Gasteiger partial charge < -0.3 is 19.5 Å². The lowest BCUT2D eigenvalue weighted by molar-refractivity contribution is -0.225. The van der Waals surface area contributed by atoms with Crippen LogP contribution in [0.25, 0.3) is 10.4 Å². The van der Waals surface area contributed by atoms with Crippen LogP contribution in [0.3, 0.4) is 0 Å². The summed E-state index contributed by atoms with van der Waals surface area (Å²) in [4.78, 5) is 25.1. The molecule has 9 heteroatoms. The molecule has 1 aliphatic heterocycles. The van der Waals surface area contributed by atoms with Crippen LogP contribution in [-0.4, -0.2) is 50.1 Å². The van der Waals surface area contributed by atoms with Gasteiger partial charge in [0.15, 0.2) is 6.29 Å². The average Bonchev–Trinajstić information content (AvgIpc) is 2.37. The summed E-state index contributed by atoms with van der Waals surface area (Å²) in [7, 11) is 1.46. The van der Waals surface area contributed by atoms with Gasteiger partial charge in [-0.25, -0.2) is 0 Å². The number of hydrogen-bond acceptors (Lipinski definition) is 6. The summed E-state index contributed by atoms with van der Waals surface area (Å²) in [6.07, 6.45) is -1.64. The number of carbonyl (C=O) groups is 2. The maximum Gasteiger partial charge on any atom is 0.303 e. The third-order valence-electron chi connectivity index (χ3n) is 2.81. The van der Waals surface area contributed by atoms with Gasteiger partial charge in [-0.15, -0.1) is 0 Å². The van der Waals surface area contributed by atoms with E-state index < -0.39 is 30.5 Å². The molecule has 1 heterocycles. The number of amides is 1. The topological polar surface area (TPSA) is 123 Å². The molecular weight excluding hydrogens is 268 g/mol. The quantitative estimate of drug-likeness (QED) is 0.341. The van der Waals surface area contributed by atoms with Gasteiger partial charge in [-0.3, -0.25) is 9.59 Å². The first-order chi connectivity index (χ1) is 9.47. The summed E-state index contributed by atoms with van der Waals surface area (Å²) in [6.45, 7) is 2.60. The van der Waals surface area contributed by atoms with Gasteiger partial charge in [0.1, 0.15) is 12.2 Å². The molecule has 1 saturated heterocycles. The van der Waals surface area contributed by atoms with E-state index in [2.05, 4.69) is 15.3 Å². The first-order valence-electron chi connectivity index (χ1n) is 6.11. The number of ether oxygens (including phenoxy) is 3. The van der Waals surface area contributed by atoms with Gasteiger partial charge >= 0.3 is 5.97 Å². The molecule has 0 radical (unpaired) electrons. The Kier molecular flexibility index (Phi) is 6.23. The Morgan fingerprint density at radius 1 is 1.50 bits per heavy atom. The molecule has 20 heavy (non-hydrogen) atoms. The summed E-state index contributed by atoms with van der Waals surface area (Å²) >= 11 is 0. The molecule has 0 spiro atoms. The number of nitrogens with zero attached hydrogens (tertiary/aromatic N) is 3. The number of methoxy groups -OCH3 is 1. The Balaban J connectivity index is 2.91. The Morgan fingerprint density at radius 2 is 2.20 bits per heavy atom. The van der Waals surface area contributed by atoms with Gasteiger partial charge in [0.25, 0.3) is 0 Å². The van der Waals surface area contributed by atoms with Crippen molar-refractivity contribution in [2.24, 2.45) is 5.11 Å². The molecule has 1 fully saturated rings. The average molecular weight is 286 g/mol. The van der Waals surface area contributed by atoms with Crippen LogP contribution in [0.1, 0.15) is 20.3 Å². The van der Waals surface area contributed by atoms with Crippen LogP contribution in [0.2, 0.25) is 0 Å².